The third-order valence-corrected chi connectivity index (χ3v) is 10.5. The van der Waals surface area contributed by atoms with Crippen LogP contribution in [0.15, 0.2) is 30.3 Å². The van der Waals surface area contributed by atoms with Crippen LogP contribution in [0.1, 0.15) is 77.2 Å². The Balaban J connectivity index is 1.84. The van der Waals surface area contributed by atoms with Gasteiger partial charge in [-0.1, -0.05) is 76.3 Å². The number of hydrogen-bond donors (Lipinski definition) is 5. The van der Waals surface area contributed by atoms with Crippen LogP contribution < -0.4 is 15.4 Å². The number of esters is 1. The summed E-state index contributed by atoms with van der Waals surface area (Å²) in [7, 11) is -2.87. The minimum Gasteiger partial charge on any atom is -0.469 e. The van der Waals surface area contributed by atoms with E-state index >= 15 is 0 Å². The highest BCUT2D eigenvalue weighted by Gasteiger charge is 2.36. The van der Waals surface area contributed by atoms with Gasteiger partial charge in [-0.25, -0.2) is 0 Å². The number of rotatable bonds is 18. The van der Waals surface area contributed by atoms with Crippen molar-refractivity contribution in [1.82, 2.24) is 19.7 Å². The number of methoxy groups -OCH3 is 1. The van der Waals surface area contributed by atoms with Gasteiger partial charge in [-0.05, 0) is 43.1 Å². The van der Waals surface area contributed by atoms with Crippen LogP contribution in [0.2, 0.25) is 0 Å². The van der Waals surface area contributed by atoms with Crippen LogP contribution >= 0.6 is 0 Å². The second kappa shape index (κ2) is 19.4. The van der Waals surface area contributed by atoms with Crippen molar-refractivity contribution in [3.8, 4) is 0 Å². The Morgan fingerprint density at radius 3 is 2.23 bits per heavy atom. The molecule has 14 heteroatoms. The number of carbonyl (C=O) groups excluding carboxylic acids is 3. The van der Waals surface area contributed by atoms with E-state index in [0.717, 1.165) is 32.1 Å². The lowest BCUT2D eigenvalue weighted by Gasteiger charge is -2.34. The Labute approximate surface area is 279 Å². The molecule has 266 valence electrons. The van der Waals surface area contributed by atoms with Crippen molar-refractivity contribution >= 4 is 28.0 Å². The summed E-state index contributed by atoms with van der Waals surface area (Å²) in [5, 5.41) is 27.6. The van der Waals surface area contributed by atoms with E-state index in [1.807, 2.05) is 13.8 Å². The second-order valence-electron chi connectivity index (χ2n) is 13.1. The largest absolute Gasteiger partial charge is 0.469 e. The highest BCUT2D eigenvalue weighted by atomic mass is 32.2. The molecule has 1 aromatic rings. The van der Waals surface area contributed by atoms with Crippen molar-refractivity contribution in [2.75, 3.05) is 33.4 Å². The smallest absolute Gasteiger partial charge is 0.305 e. The lowest BCUT2D eigenvalue weighted by atomic mass is 9.82. The van der Waals surface area contributed by atoms with Gasteiger partial charge in [0.25, 0.3) is 10.2 Å². The Morgan fingerprint density at radius 2 is 1.62 bits per heavy atom. The van der Waals surface area contributed by atoms with Gasteiger partial charge in [0, 0.05) is 19.5 Å². The Hall–Kier alpha value is -2.62. The molecule has 1 aromatic carbocycles. The lowest BCUT2D eigenvalue weighted by molar-refractivity contribution is -0.141. The fourth-order valence-electron chi connectivity index (χ4n) is 6.22. The SMILES string of the molecule is COC(=O)CCC(NC(=O)[C@H](Cc1ccccc1)NS(=O)(=O)N1CCOCC1)C(=O)N[C@@H](CC1CCCCC1)[C@@H](O)[C@H](O)CC(C)C. The summed E-state index contributed by atoms with van der Waals surface area (Å²) in [6.45, 7) is 4.58. The third kappa shape index (κ3) is 13.1. The average Bonchev–Trinajstić information content (AvgIpc) is 3.06. The molecule has 5 atom stereocenters. The molecule has 1 aliphatic heterocycles. The summed E-state index contributed by atoms with van der Waals surface area (Å²) in [4.78, 5) is 39.8. The van der Waals surface area contributed by atoms with Gasteiger partial charge < -0.3 is 30.3 Å². The number of aliphatic hydroxyl groups is 2. The number of benzene rings is 1. The fourth-order valence-corrected chi connectivity index (χ4v) is 7.55. The molecule has 47 heavy (non-hydrogen) atoms. The zero-order valence-electron chi connectivity index (χ0n) is 27.9. The zero-order valence-corrected chi connectivity index (χ0v) is 28.8. The Bertz CT molecular complexity index is 1220. The van der Waals surface area contributed by atoms with Crippen molar-refractivity contribution in [1.29, 1.82) is 0 Å². The first kappa shape index (κ1) is 38.8. The maximum absolute atomic E-state index is 13.9. The van der Waals surface area contributed by atoms with Crippen molar-refractivity contribution in [2.45, 2.75) is 108 Å². The van der Waals surface area contributed by atoms with Gasteiger partial charge in [0.05, 0.1) is 32.5 Å². The number of ether oxygens (including phenoxy) is 2. The number of amides is 2. The van der Waals surface area contributed by atoms with Crippen molar-refractivity contribution < 1.29 is 42.5 Å². The maximum Gasteiger partial charge on any atom is 0.305 e. The van der Waals surface area contributed by atoms with Crippen LogP contribution in [0.25, 0.3) is 0 Å². The molecule has 0 bridgehead atoms. The van der Waals surface area contributed by atoms with Crippen LogP contribution in [-0.2, 0) is 40.5 Å². The van der Waals surface area contributed by atoms with E-state index in [2.05, 4.69) is 15.4 Å². The molecular weight excluding hydrogens is 628 g/mol. The van der Waals surface area contributed by atoms with Gasteiger partial charge in [0.2, 0.25) is 11.8 Å². The summed E-state index contributed by atoms with van der Waals surface area (Å²) in [6.07, 6.45) is 3.30. The topological polar surface area (TPSA) is 184 Å². The summed E-state index contributed by atoms with van der Waals surface area (Å²) < 4.78 is 40.4. The molecule has 5 N–H and O–H groups in total. The highest BCUT2D eigenvalue weighted by molar-refractivity contribution is 7.87. The minimum atomic E-state index is -4.09. The summed E-state index contributed by atoms with van der Waals surface area (Å²) >= 11 is 0. The number of aliphatic hydroxyl groups excluding tert-OH is 2. The summed E-state index contributed by atoms with van der Waals surface area (Å²) in [5.74, 6) is -1.62. The highest BCUT2D eigenvalue weighted by Crippen LogP contribution is 2.29. The van der Waals surface area contributed by atoms with Gasteiger partial charge in [0.1, 0.15) is 18.2 Å². The Morgan fingerprint density at radius 1 is 0.979 bits per heavy atom. The molecule has 2 fully saturated rings. The van der Waals surface area contributed by atoms with Crippen LogP contribution in [-0.4, -0.2) is 104 Å². The van der Waals surface area contributed by atoms with Gasteiger partial charge in [-0.15, -0.1) is 0 Å². The number of nitrogens with zero attached hydrogens (tertiary/aromatic N) is 1. The van der Waals surface area contributed by atoms with Gasteiger partial charge in [-0.3, -0.25) is 14.4 Å². The van der Waals surface area contributed by atoms with Crippen LogP contribution in [0, 0.1) is 11.8 Å². The molecule has 1 aliphatic carbocycles. The predicted molar refractivity (Wildman–Crippen MR) is 176 cm³/mol. The Kier molecular flexibility index (Phi) is 16.0. The molecule has 3 rings (SSSR count). The van der Waals surface area contributed by atoms with E-state index < -0.39 is 58.3 Å². The molecule has 0 spiro atoms. The van der Waals surface area contributed by atoms with E-state index in [1.165, 1.54) is 11.4 Å². The molecule has 0 aromatic heterocycles. The predicted octanol–water partition coefficient (Wildman–Crippen LogP) is 1.43. The quantitative estimate of drug-likeness (QED) is 0.143. The van der Waals surface area contributed by atoms with E-state index in [1.54, 1.807) is 30.3 Å². The van der Waals surface area contributed by atoms with Gasteiger partial charge in [0.15, 0.2) is 0 Å². The third-order valence-electron chi connectivity index (χ3n) is 8.86. The molecule has 2 amide bonds. The summed E-state index contributed by atoms with van der Waals surface area (Å²) in [6, 6.07) is 5.56. The number of carbonyl (C=O) groups is 3. The lowest BCUT2D eigenvalue weighted by Crippen LogP contribution is -2.59. The summed E-state index contributed by atoms with van der Waals surface area (Å²) in [5.41, 5.74) is 0.697. The van der Waals surface area contributed by atoms with Crippen LogP contribution in [0.4, 0.5) is 0 Å². The maximum atomic E-state index is 13.9. The molecule has 1 heterocycles. The first-order valence-electron chi connectivity index (χ1n) is 16.8. The van der Waals surface area contributed by atoms with Crippen molar-refractivity contribution in [3.05, 3.63) is 35.9 Å². The number of nitrogens with one attached hydrogen (secondary N) is 3. The minimum absolute atomic E-state index is 0.00595. The van der Waals surface area contributed by atoms with E-state index in [-0.39, 0.29) is 57.4 Å². The van der Waals surface area contributed by atoms with Crippen LogP contribution in [0.5, 0.6) is 0 Å². The molecular formula is C33H54N4O9S. The first-order valence-corrected chi connectivity index (χ1v) is 18.3. The average molecular weight is 683 g/mol. The number of morpholine rings is 1. The van der Waals surface area contributed by atoms with Gasteiger partial charge in [-0.2, -0.15) is 17.4 Å². The van der Waals surface area contributed by atoms with Crippen molar-refractivity contribution in [3.63, 3.8) is 0 Å². The second-order valence-corrected chi connectivity index (χ2v) is 14.8. The van der Waals surface area contributed by atoms with E-state index in [4.69, 9.17) is 9.47 Å². The van der Waals surface area contributed by atoms with E-state index in [0.29, 0.717) is 18.4 Å². The monoisotopic (exact) mass is 682 g/mol. The van der Waals surface area contributed by atoms with Crippen LogP contribution in [0.3, 0.4) is 0 Å². The van der Waals surface area contributed by atoms with Gasteiger partial charge >= 0.3 is 5.97 Å². The molecule has 2 aliphatic rings. The molecule has 13 nitrogen and oxygen atoms in total. The van der Waals surface area contributed by atoms with Crippen molar-refractivity contribution in [2.24, 2.45) is 11.8 Å². The van der Waals surface area contributed by atoms with E-state index in [9.17, 15) is 33.0 Å². The molecule has 1 saturated heterocycles. The first-order chi connectivity index (χ1) is 22.4. The standard InChI is InChI=1S/C33H54N4O9S/c1-23(2)20-29(38)31(40)27(21-24-10-6-4-7-11-24)35-32(41)26(14-15-30(39)45-3)34-33(42)28(22-25-12-8-5-9-13-25)36-47(43,44)37-16-18-46-19-17-37/h5,8-9,12-13,23-24,26-29,31,36,38,40H,4,6-7,10-11,14-22H2,1-3H3,(H,34,42)(H,35,41)/t26?,27-,28-,29+,31+/m0/s1. The molecule has 0 radical (unpaired) electrons. The normalized spacial score (nSPS) is 19.7. The molecule has 1 saturated carbocycles. The zero-order chi connectivity index (χ0) is 34.4. The fraction of sp³-hybridized carbons (Fsp3) is 0.727. The molecule has 1 unspecified atom stereocenters. The number of hydrogen-bond acceptors (Lipinski definition) is 9.